The van der Waals surface area contributed by atoms with Crippen molar-refractivity contribution < 1.29 is 4.74 Å². The molecule has 0 atom stereocenters. The van der Waals surface area contributed by atoms with E-state index in [1.165, 1.54) is 0 Å². The van der Waals surface area contributed by atoms with Gasteiger partial charge in [-0.25, -0.2) is 0 Å². The number of benzene rings is 2. The molecule has 0 aliphatic carbocycles. The molecule has 4 nitrogen and oxygen atoms in total. The summed E-state index contributed by atoms with van der Waals surface area (Å²) in [5.74, 6) is 1.50. The molecule has 0 unspecified atom stereocenters. The fraction of sp³-hybridized carbons (Fsp3) is 0.222. The predicted octanol–water partition coefficient (Wildman–Crippen LogP) is 4.59. The first-order valence-corrected chi connectivity index (χ1v) is 8.51. The van der Waals surface area contributed by atoms with E-state index in [0.29, 0.717) is 22.3 Å². The van der Waals surface area contributed by atoms with Crippen LogP contribution in [0.4, 0.5) is 0 Å². The lowest BCUT2D eigenvalue weighted by molar-refractivity contribution is 0.242. The quantitative estimate of drug-likeness (QED) is 0.677. The number of halogens is 1. The second-order valence-corrected chi connectivity index (χ2v) is 6.50. The SMILES string of the molecule is CC(C)Oc1ccc(Cc2nnc(S)n2-c2ccccc2)cc1Cl. The lowest BCUT2D eigenvalue weighted by Crippen LogP contribution is -2.06. The first kappa shape index (κ1) is 16.9. The second-order valence-electron chi connectivity index (χ2n) is 5.70. The molecule has 0 aliphatic rings. The van der Waals surface area contributed by atoms with E-state index in [4.69, 9.17) is 16.3 Å². The summed E-state index contributed by atoms with van der Waals surface area (Å²) in [4.78, 5) is 0. The summed E-state index contributed by atoms with van der Waals surface area (Å²) in [6.45, 7) is 3.95. The third-order valence-electron chi connectivity index (χ3n) is 3.45. The molecule has 124 valence electrons. The van der Waals surface area contributed by atoms with Crippen LogP contribution < -0.4 is 4.74 Å². The highest BCUT2D eigenvalue weighted by molar-refractivity contribution is 7.80. The normalized spacial score (nSPS) is 11.0. The Hall–Kier alpha value is -1.98. The maximum absolute atomic E-state index is 6.32. The van der Waals surface area contributed by atoms with Gasteiger partial charge in [0.05, 0.1) is 11.1 Å². The number of thiol groups is 1. The smallest absolute Gasteiger partial charge is 0.192 e. The number of hydrogen-bond donors (Lipinski definition) is 1. The monoisotopic (exact) mass is 359 g/mol. The molecule has 0 bridgehead atoms. The van der Waals surface area contributed by atoms with Crippen molar-refractivity contribution in [2.75, 3.05) is 0 Å². The van der Waals surface area contributed by atoms with Crippen LogP contribution in [0.2, 0.25) is 5.02 Å². The average molecular weight is 360 g/mol. The van der Waals surface area contributed by atoms with Gasteiger partial charge in [-0.1, -0.05) is 35.9 Å². The minimum Gasteiger partial charge on any atom is -0.489 e. The zero-order valence-corrected chi connectivity index (χ0v) is 15.1. The van der Waals surface area contributed by atoms with E-state index in [0.717, 1.165) is 17.1 Å². The zero-order chi connectivity index (χ0) is 17.1. The first-order chi connectivity index (χ1) is 11.5. The number of rotatable bonds is 5. The highest BCUT2D eigenvalue weighted by atomic mass is 35.5. The maximum atomic E-state index is 6.32. The Labute approximate surface area is 151 Å². The summed E-state index contributed by atoms with van der Waals surface area (Å²) in [6, 6.07) is 15.7. The molecule has 0 radical (unpaired) electrons. The Kier molecular flexibility index (Phi) is 5.11. The summed E-state index contributed by atoms with van der Waals surface area (Å²) in [7, 11) is 0. The van der Waals surface area contributed by atoms with Crippen LogP contribution in [0.5, 0.6) is 5.75 Å². The van der Waals surface area contributed by atoms with Crippen molar-refractivity contribution in [3.63, 3.8) is 0 Å². The lowest BCUT2D eigenvalue weighted by atomic mass is 10.1. The van der Waals surface area contributed by atoms with Gasteiger partial charge in [0.1, 0.15) is 11.6 Å². The van der Waals surface area contributed by atoms with E-state index in [-0.39, 0.29) is 6.10 Å². The molecule has 0 saturated carbocycles. The van der Waals surface area contributed by atoms with E-state index >= 15 is 0 Å². The number of nitrogens with zero attached hydrogens (tertiary/aromatic N) is 3. The van der Waals surface area contributed by atoms with E-state index in [9.17, 15) is 0 Å². The maximum Gasteiger partial charge on any atom is 0.192 e. The molecule has 1 aromatic heterocycles. The van der Waals surface area contributed by atoms with Crippen LogP contribution in [0.15, 0.2) is 53.7 Å². The Morgan fingerprint density at radius 1 is 1.12 bits per heavy atom. The van der Waals surface area contributed by atoms with Crippen LogP contribution in [0.1, 0.15) is 25.2 Å². The van der Waals surface area contributed by atoms with E-state index in [2.05, 4.69) is 22.8 Å². The second kappa shape index (κ2) is 7.28. The van der Waals surface area contributed by atoms with Crippen molar-refractivity contribution in [3.8, 4) is 11.4 Å². The topological polar surface area (TPSA) is 39.9 Å². The van der Waals surface area contributed by atoms with Crippen molar-refractivity contribution in [3.05, 3.63) is 64.9 Å². The Morgan fingerprint density at radius 2 is 1.88 bits per heavy atom. The van der Waals surface area contributed by atoms with Gasteiger partial charge in [0, 0.05) is 12.1 Å². The summed E-state index contributed by atoms with van der Waals surface area (Å²) in [6.07, 6.45) is 0.686. The molecule has 0 saturated heterocycles. The molecular formula is C18H18ClN3OS. The fourth-order valence-electron chi connectivity index (χ4n) is 2.45. The summed E-state index contributed by atoms with van der Waals surface area (Å²) < 4.78 is 7.60. The summed E-state index contributed by atoms with van der Waals surface area (Å²) in [5, 5.41) is 9.49. The number of ether oxygens (including phenoxy) is 1. The fourth-order valence-corrected chi connectivity index (χ4v) is 2.97. The largest absolute Gasteiger partial charge is 0.489 e. The molecule has 2 aromatic carbocycles. The highest BCUT2D eigenvalue weighted by Gasteiger charge is 2.13. The molecule has 0 amide bonds. The molecule has 24 heavy (non-hydrogen) atoms. The van der Waals surface area contributed by atoms with Crippen molar-refractivity contribution in [1.29, 1.82) is 0 Å². The minimum absolute atomic E-state index is 0.0845. The van der Waals surface area contributed by atoms with Crippen molar-refractivity contribution in [2.45, 2.75) is 31.5 Å². The van der Waals surface area contributed by atoms with E-state index in [1.807, 2.05) is 66.9 Å². The van der Waals surface area contributed by atoms with E-state index < -0.39 is 0 Å². The number of para-hydroxylation sites is 1. The Morgan fingerprint density at radius 3 is 2.54 bits per heavy atom. The van der Waals surface area contributed by atoms with Crippen molar-refractivity contribution in [2.24, 2.45) is 0 Å². The van der Waals surface area contributed by atoms with Gasteiger partial charge in [-0.05, 0) is 43.7 Å². The standard InChI is InChI=1S/C18H18ClN3OS/c1-12(2)23-16-9-8-13(10-15(16)19)11-17-20-21-18(24)22(17)14-6-4-3-5-7-14/h3-10,12H,11H2,1-2H3,(H,21,24). The number of hydrogen-bond acceptors (Lipinski definition) is 4. The van der Waals surface area contributed by atoms with Gasteiger partial charge in [-0.15, -0.1) is 22.8 Å². The Balaban J connectivity index is 1.89. The van der Waals surface area contributed by atoms with Gasteiger partial charge in [-0.2, -0.15) is 0 Å². The molecule has 6 heteroatoms. The van der Waals surface area contributed by atoms with Gasteiger partial charge >= 0.3 is 0 Å². The molecular weight excluding hydrogens is 342 g/mol. The van der Waals surface area contributed by atoms with Crippen LogP contribution in [0.25, 0.3) is 5.69 Å². The predicted molar refractivity (Wildman–Crippen MR) is 98.6 cm³/mol. The average Bonchev–Trinajstić information content (AvgIpc) is 2.91. The molecule has 1 heterocycles. The first-order valence-electron chi connectivity index (χ1n) is 7.68. The van der Waals surface area contributed by atoms with Gasteiger partial charge in [0.25, 0.3) is 0 Å². The molecule has 0 aliphatic heterocycles. The van der Waals surface area contributed by atoms with Crippen LogP contribution in [-0.2, 0) is 6.42 Å². The highest BCUT2D eigenvalue weighted by Crippen LogP contribution is 2.28. The Bertz CT molecular complexity index is 834. The van der Waals surface area contributed by atoms with Gasteiger partial charge in [-0.3, -0.25) is 4.57 Å². The van der Waals surface area contributed by atoms with Crippen LogP contribution in [-0.4, -0.2) is 20.9 Å². The van der Waals surface area contributed by atoms with Gasteiger partial charge in [0.2, 0.25) is 0 Å². The van der Waals surface area contributed by atoms with Crippen molar-refractivity contribution in [1.82, 2.24) is 14.8 Å². The molecule has 0 fully saturated rings. The van der Waals surface area contributed by atoms with Gasteiger partial charge < -0.3 is 4.74 Å². The van der Waals surface area contributed by atoms with Crippen molar-refractivity contribution >= 4 is 24.2 Å². The van der Waals surface area contributed by atoms with Crippen LogP contribution in [0, 0.1) is 0 Å². The number of aromatic nitrogens is 3. The summed E-state index contributed by atoms with van der Waals surface area (Å²) >= 11 is 10.7. The summed E-state index contributed by atoms with van der Waals surface area (Å²) in [5.41, 5.74) is 2.02. The third kappa shape index (κ3) is 3.74. The van der Waals surface area contributed by atoms with E-state index in [1.54, 1.807) is 0 Å². The molecule has 0 N–H and O–H groups in total. The molecule has 0 spiro atoms. The molecule has 3 rings (SSSR count). The van der Waals surface area contributed by atoms with Gasteiger partial charge in [0.15, 0.2) is 5.16 Å². The minimum atomic E-state index is 0.0845. The zero-order valence-electron chi connectivity index (χ0n) is 13.5. The van der Waals surface area contributed by atoms with Crippen LogP contribution in [0.3, 0.4) is 0 Å². The lowest BCUT2D eigenvalue weighted by Gasteiger charge is -2.12. The third-order valence-corrected chi connectivity index (χ3v) is 4.03. The van der Waals surface area contributed by atoms with Crippen LogP contribution >= 0.6 is 24.2 Å². The molecule has 3 aromatic rings.